The smallest absolute Gasteiger partial charge is 0.410 e. The molecule has 0 bridgehead atoms. The zero-order valence-corrected chi connectivity index (χ0v) is 20.3. The summed E-state index contributed by atoms with van der Waals surface area (Å²) < 4.78 is 18.9. The van der Waals surface area contributed by atoms with E-state index < -0.39 is 6.09 Å². The first-order chi connectivity index (χ1) is 17.5. The van der Waals surface area contributed by atoms with Crippen LogP contribution in [-0.2, 0) is 19.5 Å². The molecule has 6 heteroatoms. The maximum absolute atomic E-state index is 13.5. The third-order valence-corrected chi connectivity index (χ3v) is 7.29. The van der Waals surface area contributed by atoms with Gasteiger partial charge in [0, 0.05) is 24.6 Å². The zero-order valence-electron chi connectivity index (χ0n) is 20.3. The summed E-state index contributed by atoms with van der Waals surface area (Å²) in [6.45, 7) is 3.07. The minimum Gasteiger partial charge on any atom is -0.410 e. The molecular formula is C30H31FN2O3. The van der Waals surface area contributed by atoms with Crippen LogP contribution >= 0.6 is 0 Å². The molecule has 2 aliphatic rings. The zero-order chi connectivity index (χ0) is 24.9. The summed E-state index contributed by atoms with van der Waals surface area (Å²) in [5, 5.41) is 2.74. The molecule has 1 amide bonds. The Morgan fingerprint density at radius 3 is 2.53 bits per heavy atom. The molecule has 1 aliphatic heterocycles. The average molecular weight is 487 g/mol. The number of amides is 1. The number of nitrogens with one attached hydrogen (secondary N) is 1. The highest BCUT2D eigenvalue weighted by Gasteiger charge is 2.33. The lowest BCUT2D eigenvalue weighted by molar-refractivity contribution is 0.0895. The monoisotopic (exact) mass is 486 g/mol. The molecule has 36 heavy (non-hydrogen) atoms. The predicted octanol–water partition coefficient (Wildman–Crippen LogP) is 5.77. The third kappa shape index (κ3) is 6.00. The number of rotatable bonds is 7. The summed E-state index contributed by atoms with van der Waals surface area (Å²) in [6, 6.07) is 21.8. The molecule has 186 valence electrons. The van der Waals surface area contributed by atoms with Crippen LogP contribution in [0, 0.1) is 17.7 Å². The minimum absolute atomic E-state index is 0.0121. The molecule has 5 rings (SSSR count). The fourth-order valence-electron chi connectivity index (χ4n) is 5.38. The Labute approximate surface area is 211 Å². The molecule has 1 unspecified atom stereocenters. The van der Waals surface area contributed by atoms with Crippen molar-refractivity contribution in [2.24, 2.45) is 11.8 Å². The van der Waals surface area contributed by atoms with Crippen LogP contribution in [0.3, 0.4) is 0 Å². The lowest BCUT2D eigenvalue weighted by Crippen LogP contribution is -2.34. The molecule has 3 aromatic rings. The quantitative estimate of drug-likeness (QED) is 0.461. The number of fused-ring (bicyclic) bond motifs is 1. The van der Waals surface area contributed by atoms with Gasteiger partial charge in [-0.2, -0.15) is 0 Å². The first kappa shape index (κ1) is 24.2. The molecule has 1 saturated heterocycles. The fraction of sp³-hybridized carbons (Fsp3) is 0.333. The summed E-state index contributed by atoms with van der Waals surface area (Å²) in [4.78, 5) is 27.7. The maximum atomic E-state index is 13.5. The lowest BCUT2D eigenvalue weighted by atomic mass is 9.85. The van der Waals surface area contributed by atoms with Gasteiger partial charge in [0.15, 0.2) is 5.78 Å². The minimum atomic E-state index is -0.536. The van der Waals surface area contributed by atoms with Crippen molar-refractivity contribution < 1.29 is 18.7 Å². The van der Waals surface area contributed by atoms with Gasteiger partial charge in [-0.1, -0.05) is 48.5 Å². The Morgan fingerprint density at radius 1 is 0.972 bits per heavy atom. The van der Waals surface area contributed by atoms with Crippen molar-refractivity contribution in [3.8, 4) is 5.75 Å². The van der Waals surface area contributed by atoms with Crippen LogP contribution in [0.2, 0.25) is 0 Å². The van der Waals surface area contributed by atoms with E-state index in [0.29, 0.717) is 23.8 Å². The van der Waals surface area contributed by atoms with E-state index in [4.69, 9.17) is 4.74 Å². The van der Waals surface area contributed by atoms with Crippen LogP contribution < -0.4 is 10.1 Å². The van der Waals surface area contributed by atoms with Gasteiger partial charge in [-0.05, 0) is 85.6 Å². The molecule has 3 aromatic carbocycles. The van der Waals surface area contributed by atoms with E-state index >= 15 is 0 Å². The van der Waals surface area contributed by atoms with Crippen LogP contribution in [0.5, 0.6) is 5.75 Å². The van der Waals surface area contributed by atoms with Crippen molar-refractivity contribution >= 4 is 11.9 Å². The van der Waals surface area contributed by atoms with Gasteiger partial charge in [0.05, 0.1) is 0 Å². The third-order valence-electron chi connectivity index (χ3n) is 7.29. The molecule has 5 nitrogen and oxygen atoms in total. The first-order valence-electron chi connectivity index (χ1n) is 12.7. The molecular weight excluding hydrogens is 455 g/mol. The van der Waals surface area contributed by atoms with Gasteiger partial charge in [-0.25, -0.2) is 9.18 Å². The topological polar surface area (TPSA) is 58.6 Å². The number of hydrogen-bond donors (Lipinski definition) is 1. The van der Waals surface area contributed by atoms with Crippen LogP contribution in [0.15, 0.2) is 72.8 Å². The van der Waals surface area contributed by atoms with Crippen molar-refractivity contribution in [3.63, 3.8) is 0 Å². The highest BCUT2D eigenvalue weighted by molar-refractivity contribution is 6.02. The second-order valence-corrected chi connectivity index (χ2v) is 9.90. The Hall–Kier alpha value is -3.51. The van der Waals surface area contributed by atoms with E-state index in [-0.39, 0.29) is 17.5 Å². The number of ketones is 1. The summed E-state index contributed by atoms with van der Waals surface area (Å²) in [6.07, 6.45) is 3.19. The molecule has 0 aromatic heterocycles. The number of ether oxygens (including phenoxy) is 1. The fourth-order valence-corrected chi connectivity index (χ4v) is 5.38. The molecule has 1 aliphatic carbocycles. The van der Waals surface area contributed by atoms with Gasteiger partial charge in [-0.15, -0.1) is 0 Å². The van der Waals surface area contributed by atoms with Crippen molar-refractivity contribution in [2.45, 2.75) is 38.8 Å². The van der Waals surface area contributed by atoms with E-state index in [1.54, 1.807) is 24.3 Å². The maximum Gasteiger partial charge on any atom is 0.412 e. The normalized spacial score (nSPS) is 18.1. The summed E-state index contributed by atoms with van der Waals surface area (Å²) in [5.74, 6) is 0.850. The number of likely N-dealkylation sites (tertiary alicyclic amines) is 1. The molecule has 1 fully saturated rings. The van der Waals surface area contributed by atoms with E-state index in [1.807, 2.05) is 42.5 Å². The van der Waals surface area contributed by atoms with E-state index in [2.05, 4.69) is 10.2 Å². The number of nitrogens with zero attached hydrogens (tertiary/aromatic N) is 1. The second-order valence-electron chi connectivity index (χ2n) is 9.90. The van der Waals surface area contributed by atoms with Gasteiger partial charge < -0.3 is 10.1 Å². The van der Waals surface area contributed by atoms with Crippen LogP contribution in [-0.4, -0.2) is 29.9 Å². The summed E-state index contributed by atoms with van der Waals surface area (Å²) in [7, 11) is 0. The van der Waals surface area contributed by atoms with Gasteiger partial charge >= 0.3 is 6.09 Å². The predicted molar refractivity (Wildman–Crippen MR) is 136 cm³/mol. The SMILES string of the molecule is O=C(NCc1ccccc1)Oc1ccc2c(c1)C(=O)C(CC1CCN(Cc3cccc(F)c3)CC1)C2. The number of piperidine rings is 1. The Balaban J connectivity index is 1.10. The van der Waals surface area contributed by atoms with Crippen molar-refractivity contribution in [2.75, 3.05) is 13.1 Å². The van der Waals surface area contributed by atoms with Crippen molar-refractivity contribution in [3.05, 3.63) is 101 Å². The molecule has 0 spiro atoms. The largest absolute Gasteiger partial charge is 0.412 e. The number of halogens is 1. The Morgan fingerprint density at radius 2 is 1.75 bits per heavy atom. The Bertz CT molecular complexity index is 1220. The second kappa shape index (κ2) is 11.0. The highest BCUT2D eigenvalue weighted by Crippen LogP contribution is 2.35. The number of benzene rings is 3. The number of hydrogen-bond acceptors (Lipinski definition) is 4. The van der Waals surface area contributed by atoms with E-state index in [1.165, 1.54) is 6.07 Å². The number of carbonyl (C=O) groups excluding carboxylic acids is 2. The molecule has 1 atom stereocenters. The van der Waals surface area contributed by atoms with Crippen LogP contribution in [0.4, 0.5) is 9.18 Å². The van der Waals surface area contributed by atoms with Gasteiger partial charge in [0.1, 0.15) is 11.6 Å². The van der Waals surface area contributed by atoms with Gasteiger partial charge in [0.25, 0.3) is 0 Å². The van der Waals surface area contributed by atoms with Crippen molar-refractivity contribution in [1.29, 1.82) is 0 Å². The highest BCUT2D eigenvalue weighted by atomic mass is 19.1. The molecule has 0 saturated carbocycles. The van der Waals surface area contributed by atoms with Gasteiger partial charge in [-0.3, -0.25) is 9.69 Å². The Kier molecular flexibility index (Phi) is 7.42. The van der Waals surface area contributed by atoms with Gasteiger partial charge in [0.2, 0.25) is 0 Å². The summed E-state index contributed by atoms with van der Waals surface area (Å²) >= 11 is 0. The van der Waals surface area contributed by atoms with Crippen LogP contribution in [0.25, 0.3) is 0 Å². The van der Waals surface area contributed by atoms with Crippen LogP contribution in [0.1, 0.15) is 46.3 Å². The lowest BCUT2D eigenvalue weighted by Gasteiger charge is -2.33. The summed E-state index contributed by atoms with van der Waals surface area (Å²) in [5.41, 5.74) is 3.70. The standard InChI is InChI=1S/C30H31FN2O3/c31-26-8-4-7-23(16-26)20-33-13-11-21(12-14-33)15-25-17-24-9-10-27(18-28(24)29(25)34)36-30(35)32-19-22-5-2-1-3-6-22/h1-10,16,18,21,25H,11-15,17,19-20H2,(H,32,35). The molecule has 1 N–H and O–H groups in total. The number of Topliss-reactive ketones (excluding diaryl/α,β-unsaturated/α-hetero) is 1. The van der Waals surface area contributed by atoms with E-state index in [0.717, 1.165) is 62.0 Å². The van der Waals surface area contributed by atoms with E-state index in [9.17, 15) is 14.0 Å². The number of carbonyl (C=O) groups is 2. The van der Waals surface area contributed by atoms with Crippen molar-refractivity contribution in [1.82, 2.24) is 10.2 Å². The first-order valence-corrected chi connectivity index (χ1v) is 12.7. The molecule has 0 radical (unpaired) electrons. The molecule has 1 heterocycles. The average Bonchev–Trinajstić information content (AvgIpc) is 3.19.